The maximum Gasteiger partial charge on any atom is 0.356 e. The number of carbonyl (C=O) groups excluding carboxylic acids is 1. The number of rotatable bonds is 7. The number of nitrogens with zero attached hydrogens (tertiary/aromatic N) is 3. The third-order valence-electron chi connectivity index (χ3n) is 2.68. The van der Waals surface area contributed by atoms with E-state index >= 15 is 0 Å². The molecule has 0 radical (unpaired) electrons. The molecule has 102 valence electrons. The van der Waals surface area contributed by atoms with Crippen molar-refractivity contribution in [2.75, 3.05) is 26.4 Å². The standard InChI is InChI=1S/C11H13N3O5/c12-3-11(4-13,5-14)9(18)19-2-1-10(6-15,7-16)8-17/h15-17H,1-2,6-8H2. The quantitative estimate of drug-likeness (QED) is 0.467. The Labute approximate surface area is 109 Å². The second-order valence-corrected chi connectivity index (χ2v) is 3.95. The number of hydrogen-bond acceptors (Lipinski definition) is 8. The highest BCUT2D eigenvalue weighted by atomic mass is 16.5. The van der Waals surface area contributed by atoms with Crippen molar-refractivity contribution in [2.45, 2.75) is 6.42 Å². The molecular formula is C11H13N3O5. The van der Waals surface area contributed by atoms with Crippen LogP contribution in [0, 0.1) is 44.8 Å². The Balaban J connectivity index is 4.62. The first-order valence-electron chi connectivity index (χ1n) is 5.23. The smallest absolute Gasteiger partial charge is 0.356 e. The molecule has 0 aromatic carbocycles. The summed E-state index contributed by atoms with van der Waals surface area (Å²) >= 11 is 0. The van der Waals surface area contributed by atoms with Crippen molar-refractivity contribution < 1.29 is 24.9 Å². The van der Waals surface area contributed by atoms with Crippen LogP contribution in [0.1, 0.15) is 6.42 Å². The summed E-state index contributed by atoms with van der Waals surface area (Å²) in [4.78, 5) is 11.4. The third kappa shape index (κ3) is 3.64. The van der Waals surface area contributed by atoms with Crippen LogP contribution < -0.4 is 0 Å². The molecule has 0 bridgehead atoms. The van der Waals surface area contributed by atoms with E-state index in [-0.39, 0.29) is 13.0 Å². The summed E-state index contributed by atoms with van der Waals surface area (Å²) in [6.45, 7) is -1.94. The highest BCUT2D eigenvalue weighted by Crippen LogP contribution is 2.21. The van der Waals surface area contributed by atoms with E-state index in [1.165, 1.54) is 18.2 Å². The lowest BCUT2D eigenvalue weighted by atomic mass is 9.87. The first-order chi connectivity index (χ1) is 8.99. The molecule has 19 heavy (non-hydrogen) atoms. The van der Waals surface area contributed by atoms with Crippen molar-refractivity contribution >= 4 is 5.97 Å². The molecule has 0 aliphatic heterocycles. The highest BCUT2D eigenvalue weighted by molar-refractivity contribution is 5.86. The van der Waals surface area contributed by atoms with Crippen molar-refractivity contribution in [2.24, 2.45) is 10.8 Å². The van der Waals surface area contributed by atoms with Crippen LogP contribution >= 0.6 is 0 Å². The number of nitriles is 3. The summed E-state index contributed by atoms with van der Waals surface area (Å²) in [7, 11) is 0. The van der Waals surface area contributed by atoms with Gasteiger partial charge in [-0.2, -0.15) is 15.8 Å². The first kappa shape index (κ1) is 16.8. The largest absolute Gasteiger partial charge is 0.463 e. The normalized spacial score (nSPS) is 10.9. The van der Waals surface area contributed by atoms with Gasteiger partial charge < -0.3 is 20.1 Å². The maximum atomic E-state index is 11.4. The zero-order valence-electron chi connectivity index (χ0n) is 10.0. The van der Waals surface area contributed by atoms with E-state index in [2.05, 4.69) is 4.74 Å². The Kier molecular flexibility index (Phi) is 6.46. The van der Waals surface area contributed by atoms with E-state index in [1.807, 2.05) is 0 Å². The van der Waals surface area contributed by atoms with Crippen molar-refractivity contribution in [3.63, 3.8) is 0 Å². The SMILES string of the molecule is N#CC(C#N)(C#N)C(=O)OCCC(CO)(CO)CO. The monoisotopic (exact) mass is 267 g/mol. The lowest BCUT2D eigenvalue weighted by Crippen LogP contribution is -2.36. The third-order valence-corrected chi connectivity index (χ3v) is 2.68. The van der Waals surface area contributed by atoms with Crippen LogP contribution in [0.25, 0.3) is 0 Å². The van der Waals surface area contributed by atoms with Crippen LogP contribution in [0.4, 0.5) is 0 Å². The van der Waals surface area contributed by atoms with E-state index in [1.54, 1.807) is 0 Å². The molecule has 8 heteroatoms. The molecule has 8 nitrogen and oxygen atoms in total. The topological polar surface area (TPSA) is 158 Å². The molecule has 0 spiro atoms. The van der Waals surface area contributed by atoms with Gasteiger partial charge in [0.1, 0.15) is 18.2 Å². The van der Waals surface area contributed by atoms with Gasteiger partial charge in [0.15, 0.2) is 0 Å². The van der Waals surface area contributed by atoms with Gasteiger partial charge in [-0.15, -0.1) is 0 Å². The Hall–Kier alpha value is -2.18. The first-order valence-corrected chi connectivity index (χ1v) is 5.23. The van der Waals surface area contributed by atoms with E-state index in [0.717, 1.165) is 0 Å². The number of hydrogen-bond donors (Lipinski definition) is 3. The minimum atomic E-state index is -2.53. The summed E-state index contributed by atoms with van der Waals surface area (Å²) in [5.74, 6) is -1.32. The average Bonchev–Trinajstić information content (AvgIpc) is 2.46. The second-order valence-electron chi connectivity index (χ2n) is 3.95. The fourth-order valence-electron chi connectivity index (χ4n) is 1.07. The second kappa shape index (κ2) is 7.30. The Morgan fingerprint density at radius 1 is 1.00 bits per heavy atom. The number of ether oxygens (including phenoxy) is 1. The predicted octanol–water partition coefficient (Wildman–Crippen LogP) is -1.56. The van der Waals surface area contributed by atoms with Crippen molar-refractivity contribution in [1.29, 1.82) is 15.8 Å². The molecular weight excluding hydrogens is 254 g/mol. The van der Waals surface area contributed by atoms with Crippen LogP contribution in [-0.4, -0.2) is 47.7 Å². The van der Waals surface area contributed by atoms with Crippen LogP contribution in [0.2, 0.25) is 0 Å². The molecule has 0 heterocycles. The summed E-state index contributed by atoms with van der Waals surface area (Å²) < 4.78 is 4.60. The van der Waals surface area contributed by atoms with Gasteiger partial charge in [-0.25, -0.2) is 4.79 Å². The molecule has 0 saturated heterocycles. The molecule has 0 aromatic heterocycles. The van der Waals surface area contributed by atoms with Crippen LogP contribution in [0.5, 0.6) is 0 Å². The molecule has 0 unspecified atom stereocenters. The van der Waals surface area contributed by atoms with Gasteiger partial charge in [-0.3, -0.25) is 0 Å². The van der Waals surface area contributed by atoms with Gasteiger partial charge >= 0.3 is 11.4 Å². The lowest BCUT2D eigenvalue weighted by Gasteiger charge is -2.26. The molecule has 0 amide bonds. The Bertz CT molecular complexity index is 394. The van der Waals surface area contributed by atoms with Gasteiger partial charge in [0.2, 0.25) is 0 Å². The van der Waals surface area contributed by atoms with Crippen molar-refractivity contribution in [3.05, 3.63) is 0 Å². The van der Waals surface area contributed by atoms with Gasteiger partial charge in [0.05, 0.1) is 26.4 Å². The molecule has 0 rings (SSSR count). The van der Waals surface area contributed by atoms with Crippen molar-refractivity contribution in [3.8, 4) is 18.2 Å². The molecule has 0 aliphatic rings. The summed E-state index contributed by atoms with van der Waals surface area (Å²) in [6.07, 6.45) is -0.0827. The minimum absolute atomic E-state index is 0.0827. The molecule has 0 fully saturated rings. The molecule has 3 N–H and O–H groups in total. The van der Waals surface area contributed by atoms with E-state index in [4.69, 9.17) is 31.1 Å². The predicted molar refractivity (Wildman–Crippen MR) is 58.5 cm³/mol. The maximum absolute atomic E-state index is 11.4. The van der Waals surface area contributed by atoms with Gasteiger partial charge in [-0.05, 0) is 6.42 Å². The van der Waals surface area contributed by atoms with Crippen molar-refractivity contribution in [1.82, 2.24) is 0 Å². The lowest BCUT2D eigenvalue weighted by molar-refractivity contribution is -0.149. The highest BCUT2D eigenvalue weighted by Gasteiger charge is 2.42. The number of esters is 1. The summed E-state index contributed by atoms with van der Waals surface area (Å²) in [5, 5.41) is 53.0. The molecule has 0 atom stereocenters. The van der Waals surface area contributed by atoms with Crippen LogP contribution in [-0.2, 0) is 9.53 Å². The van der Waals surface area contributed by atoms with Crippen LogP contribution in [0.3, 0.4) is 0 Å². The zero-order valence-corrected chi connectivity index (χ0v) is 10.0. The Morgan fingerprint density at radius 3 is 1.74 bits per heavy atom. The fourth-order valence-corrected chi connectivity index (χ4v) is 1.07. The Morgan fingerprint density at radius 2 is 1.42 bits per heavy atom. The molecule has 0 aromatic rings. The van der Waals surface area contributed by atoms with Gasteiger partial charge in [0.25, 0.3) is 0 Å². The van der Waals surface area contributed by atoms with E-state index in [0.29, 0.717) is 0 Å². The van der Waals surface area contributed by atoms with Gasteiger partial charge in [-0.1, -0.05) is 0 Å². The number of aliphatic hydroxyl groups is 3. The summed E-state index contributed by atoms with van der Waals surface area (Å²) in [5.41, 5.74) is -3.75. The number of aliphatic hydroxyl groups excluding tert-OH is 3. The molecule has 0 aliphatic carbocycles. The van der Waals surface area contributed by atoms with E-state index < -0.39 is 36.6 Å². The fraction of sp³-hybridized carbons (Fsp3) is 0.636. The van der Waals surface area contributed by atoms with Gasteiger partial charge in [0, 0.05) is 5.41 Å². The molecule has 0 saturated carbocycles. The number of carbonyl (C=O) groups is 1. The summed E-state index contributed by atoms with van der Waals surface area (Å²) in [6, 6.07) is 3.78. The zero-order chi connectivity index (χ0) is 14.9. The van der Waals surface area contributed by atoms with Crippen LogP contribution in [0.15, 0.2) is 0 Å². The minimum Gasteiger partial charge on any atom is -0.463 e. The van der Waals surface area contributed by atoms with E-state index in [9.17, 15) is 4.79 Å². The average molecular weight is 267 g/mol.